The third kappa shape index (κ3) is 4.34. The monoisotopic (exact) mass is 298 g/mol. The van der Waals surface area contributed by atoms with Crippen molar-refractivity contribution in [2.24, 2.45) is 11.7 Å². The van der Waals surface area contributed by atoms with E-state index in [0.717, 1.165) is 0 Å². The van der Waals surface area contributed by atoms with Crippen LogP contribution in [0.1, 0.15) is 30.4 Å². The van der Waals surface area contributed by atoms with Crippen LogP contribution in [-0.2, 0) is 14.3 Å². The summed E-state index contributed by atoms with van der Waals surface area (Å²) < 4.78 is 4.93. The number of nitrogens with one attached hydrogen (secondary N) is 1. The van der Waals surface area contributed by atoms with Gasteiger partial charge in [-0.05, 0) is 24.3 Å². The maximum atomic E-state index is 12.0. The molecule has 2 atom stereocenters. The van der Waals surface area contributed by atoms with Gasteiger partial charge in [-0.3, -0.25) is 9.59 Å². The molecule has 0 saturated heterocycles. The number of primary amides is 1. The standard InChI is InChI=1S/C13H18N2O4S/c1-7(2)10(13(18)19-8(3)11(14)16)15-12(17)9-5-4-6-20-9/h4-8,10H,1-3H3,(H2,14,16)(H,15,17)/t8-,10+/m0/s1. The van der Waals surface area contributed by atoms with Crippen molar-refractivity contribution in [1.29, 1.82) is 0 Å². The lowest BCUT2D eigenvalue weighted by Crippen LogP contribution is -2.47. The van der Waals surface area contributed by atoms with Crippen LogP contribution < -0.4 is 11.1 Å². The van der Waals surface area contributed by atoms with E-state index >= 15 is 0 Å². The van der Waals surface area contributed by atoms with E-state index in [1.807, 2.05) is 0 Å². The molecule has 3 N–H and O–H groups in total. The van der Waals surface area contributed by atoms with Crippen molar-refractivity contribution in [1.82, 2.24) is 5.32 Å². The number of nitrogens with two attached hydrogens (primary N) is 1. The van der Waals surface area contributed by atoms with E-state index in [4.69, 9.17) is 10.5 Å². The molecule has 0 bridgehead atoms. The summed E-state index contributed by atoms with van der Waals surface area (Å²) in [6, 6.07) is 2.58. The number of carbonyl (C=O) groups excluding carboxylic acids is 3. The number of hydrogen-bond donors (Lipinski definition) is 2. The molecule has 0 spiro atoms. The Morgan fingerprint density at radius 2 is 1.95 bits per heavy atom. The van der Waals surface area contributed by atoms with Crippen LogP contribution in [-0.4, -0.2) is 29.9 Å². The highest BCUT2D eigenvalue weighted by atomic mass is 32.1. The molecule has 1 heterocycles. The minimum Gasteiger partial charge on any atom is -0.451 e. The lowest BCUT2D eigenvalue weighted by atomic mass is 10.0. The van der Waals surface area contributed by atoms with Gasteiger partial charge in [0, 0.05) is 0 Å². The number of esters is 1. The van der Waals surface area contributed by atoms with Gasteiger partial charge in [0.15, 0.2) is 6.10 Å². The van der Waals surface area contributed by atoms with E-state index in [0.29, 0.717) is 4.88 Å². The molecular formula is C13H18N2O4S. The first-order valence-corrected chi connectivity index (χ1v) is 7.05. The molecule has 110 valence electrons. The summed E-state index contributed by atoms with van der Waals surface area (Å²) in [5.74, 6) is -1.92. The fraction of sp³-hybridized carbons (Fsp3) is 0.462. The average molecular weight is 298 g/mol. The van der Waals surface area contributed by atoms with E-state index in [9.17, 15) is 14.4 Å². The summed E-state index contributed by atoms with van der Waals surface area (Å²) in [5.41, 5.74) is 5.04. The number of carbonyl (C=O) groups is 3. The maximum Gasteiger partial charge on any atom is 0.329 e. The van der Waals surface area contributed by atoms with Gasteiger partial charge in [0.05, 0.1) is 4.88 Å². The average Bonchev–Trinajstić information content (AvgIpc) is 2.88. The number of rotatable bonds is 6. The zero-order valence-corrected chi connectivity index (χ0v) is 12.4. The Morgan fingerprint density at radius 3 is 2.40 bits per heavy atom. The van der Waals surface area contributed by atoms with Crippen molar-refractivity contribution in [3.8, 4) is 0 Å². The molecule has 6 nitrogen and oxygen atoms in total. The first kappa shape index (κ1) is 16.2. The summed E-state index contributed by atoms with van der Waals surface area (Å²) in [6.07, 6.45) is -1.03. The van der Waals surface area contributed by atoms with E-state index in [-0.39, 0.29) is 11.8 Å². The third-order valence-electron chi connectivity index (χ3n) is 2.65. The highest BCUT2D eigenvalue weighted by Crippen LogP contribution is 2.11. The Kier molecular flexibility index (Phi) is 5.69. The zero-order valence-electron chi connectivity index (χ0n) is 11.6. The van der Waals surface area contributed by atoms with E-state index in [1.54, 1.807) is 31.4 Å². The second kappa shape index (κ2) is 7.04. The normalized spacial score (nSPS) is 13.6. The Morgan fingerprint density at radius 1 is 1.30 bits per heavy atom. The van der Waals surface area contributed by atoms with Gasteiger partial charge in [-0.2, -0.15) is 0 Å². The van der Waals surface area contributed by atoms with Gasteiger partial charge in [0.25, 0.3) is 11.8 Å². The molecule has 0 fully saturated rings. The Labute approximate surface area is 121 Å². The molecule has 0 unspecified atom stereocenters. The van der Waals surface area contributed by atoms with Crippen molar-refractivity contribution in [3.05, 3.63) is 22.4 Å². The molecule has 0 saturated carbocycles. The summed E-state index contributed by atoms with van der Waals surface area (Å²) in [4.78, 5) is 35.3. The molecule has 0 aliphatic heterocycles. The summed E-state index contributed by atoms with van der Waals surface area (Å²) in [5, 5.41) is 4.38. The SMILES string of the molecule is CC(C)[C@@H](NC(=O)c1cccs1)C(=O)O[C@@H](C)C(N)=O. The van der Waals surface area contributed by atoms with Crippen molar-refractivity contribution in [3.63, 3.8) is 0 Å². The van der Waals surface area contributed by atoms with Gasteiger partial charge < -0.3 is 15.8 Å². The predicted octanol–water partition coefficient (Wildman–Crippen LogP) is 0.920. The number of amides is 2. The molecule has 2 amide bonds. The van der Waals surface area contributed by atoms with Crippen LogP contribution in [0, 0.1) is 5.92 Å². The topological polar surface area (TPSA) is 98.5 Å². The molecule has 1 aromatic heterocycles. The lowest BCUT2D eigenvalue weighted by Gasteiger charge is -2.22. The molecule has 0 aliphatic carbocycles. The van der Waals surface area contributed by atoms with Crippen molar-refractivity contribution < 1.29 is 19.1 Å². The van der Waals surface area contributed by atoms with Crippen LogP contribution in [0.2, 0.25) is 0 Å². The van der Waals surface area contributed by atoms with Crippen LogP contribution in [0.5, 0.6) is 0 Å². The van der Waals surface area contributed by atoms with Gasteiger partial charge in [0.1, 0.15) is 6.04 Å². The molecule has 20 heavy (non-hydrogen) atoms. The maximum absolute atomic E-state index is 12.0. The molecule has 1 aromatic rings. The highest BCUT2D eigenvalue weighted by Gasteiger charge is 2.28. The van der Waals surface area contributed by atoms with Gasteiger partial charge in [0.2, 0.25) is 0 Å². The van der Waals surface area contributed by atoms with Crippen molar-refractivity contribution in [2.75, 3.05) is 0 Å². The minimum atomic E-state index is -1.03. The van der Waals surface area contributed by atoms with Crippen LogP contribution >= 0.6 is 11.3 Å². The minimum absolute atomic E-state index is 0.175. The predicted molar refractivity (Wildman–Crippen MR) is 75.2 cm³/mol. The largest absolute Gasteiger partial charge is 0.451 e. The second-order valence-electron chi connectivity index (χ2n) is 4.65. The van der Waals surface area contributed by atoms with E-state index in [2.05, 4.69) is 5.32 Å². The summed E-state index contributed by atoms with van der Waals surface area (Å²) in [6.45, 7) is 4.93. The molecule has 0 radical (unpaired) electrons. The molecule has 0 aliphatic rings. The highest BCUT2D eigenvalue weighted by molar-refractivity contribution is 7.12. The first-order valence-electron chi connectivity index (χ1n) is 6.17. The summed E-state index contributed by atoms with van der Waals surface area (Å²) >= 11 is 1.28. The van der Waals surface area contributed by atoms with E-state index in [1.165, 1.54) is 18.3 Å². The van der Waals surface area contributed by atoms with Crippen LogP contribution in [0.4, 0.5) is 0 Å². The fourth-order valence-corrected chi connectivity index (χ4v) is 2.05. The summed E-state index contributed by atoms with van der Waals surface area (Å²) in [7, 11) is 0. The number of thiophene rings is 1. The quantitative estimate of drug-likeness (QED) is 0.763. The molecule has 7 heteroatoms. The molecular weight excluding hydrogens is 280 g/mol. The smallest absolute Gasteiger partial charge is 0.329 e. The zero-order chi connectivity index (χ0) is 15.3. The number of hydrogen-bond acceptors (Lipinski definition) is 5. The van der Waals surface area contributed by atoms with Gasteiger partial charge >= 0.3 is 5.97 Å². The van der Waals surface area contributed by atoms with E-state index < -0.39 is 24.0 Å². The van der Waals surface area contributed by atoms with Gasteiger partial charge in [-0.15, -0.1) is 11.3 Å². The van der Waals surface area contributed by atoms with Crippen LogP contribution in [0.3, 0.4) is 0 Å². The second-order valence-corrected chi connectivity index (χ2v) is 5.60. The Hall–Kier alpha value is -1.89. The molecule has 1 rings (SSSR count). The fourth-order valence-electron chi connectivity index (χ4n) is 1.42. The lowest BCUT2D eigenvalue weighted by molar-refractivity contribution is -0.156. The Bertz CT molecular complexity index is 485. The van der Waals surface area contributed by atoms with Gasteiger partial charge in [-0.1, -0.05) is 19.9 Å². The van der Waals surface area contributed by atoms with Crippen molar-refractivity contribution >= 4 is 29.1 Å². The number of ether oxygens (including phenoxy) is 1. The van der Waals surface area contributed by atoms with Gasteiger partial charge in [-0.25, -0.2) is 4.79 Å². The van der Waals surface area contributed by atoms with Crippen molar-refractivity contribution in [2.45, 2.75) is 32.9 Å². The first-order chi connectivity index (χ1) is 9.32. The third-order valence-corrected chi connectivity index (χ3v) is 3.51. The van der Waals surface area contributed by atoms with Crippen LogP contribution in [0.25, 0.3) is 0 Å². The van der Waals surface area contributed by atoms with Crippen LogP contribution in [0.15, 0.2) is 17.5 Å². The molecule has 0 aromatic carbocycles. The Balaban J connectivity index is 2.72.